The number of ketones is 1. The van der Waals surface area contributed by atoms with E-state index in [4.69, 9.17) is 23.2 Å². The van der Waals surface area contributed by atoms with Crippen LogP contribution in [-0.4, -0.2) is 42.2 Å². The number of halogens is 6. The molecule has 0 fully saturated rings. The van der Waals surface area contributed by atoms with Crippen molar-refractivity contribution in [1.82, 2.24) is 0 Å². The van der Waals surface area contributed by atoms with Gasteiger partial charge >= 0.3 is 0 Å². The van der Waals surface area contributed by atoms with E-state index in [-0.39, 0.29) is 0 Å². The quantitative estimate of drug-likeness (QED) is 0.441. The summed E-state index contributed by atoms with van der Waals surface area (Å²) >= 11 is 11.8. The molecule has 0 aromatic heterocycles. The molecule has 0 aliphatic heterocycles. The van der Waals surface area contributed by atoms with Crippen molar-refractivity contribution in [3.63, 3.8) is 0 Å². The fourth-order valence-electron chi connectivity index (χ4n) is 1.70. The van der Waals surface area contributed by atoms with Gasteiger partial charge in [-0.25, -0.2) is 0 Å². The molecule has 0 aliphatic carbocycles. The normalized spacial score (nSPS) is 12.8. The van der Waals surface area contributed by atoms with Gasteiger partial charge in [-0.05, 0) is 0 Å². The molecule has 0 aromatic carbocycles. The lowest BCUT2D eigenvalue weighted by Crippen LogP contribution is -2.48. The summed E-state index contributed by atoms with van der Waals surface area (Å²) in [6, 6.07) is 0. The summed E-state index contributed by atoms with van der Waals surface area (Å²) < 4.78 is 49.5. The number of hydrogen-bond donors (Lipinski definition) is 0. The van der Waals surface area contributed by atoms with E-state index >= 15 is 0 Å². The fourth-order valence-corrected chi connectivity index (χ4v) is 2.40. The van der Waals surface area contributed by atoms with Gasteiger partial charge in [0.2, 0.25) is 0 Å². The SMILES string of the molecule is O=C(C(Cl)(CCF)CCF)C(Cl)(CCF)CCF. The molecule has 0 rings (SSSR count). The Balaban J connectivity index is 5.11. The minimum atomic E-state index is -1.84. The van der Waals surface area contributed by atoms with Crippen LogP contribution in [0.1, 0.15) is 25.7 Å². The van der Waals surface area contributed by atoms with Gasteiger partial charge < -0.3 is 0 Å². The molecule has 0 saturated carbocycles. The van der Waals surface area contributed by atoms with E-state index in [0.717, 1.165) is 0 Å². The second-order valence-electron chi connectivity index (χ2n) is 4.02. The van der Waals surface area contributed by atoms with Gasteiger partial charge in [-0.15, -0.1) is 23.2 Å². The van der Waals surface area contributed by atoms with Crippen LogP contribution in [0.4, 0.5) is 17.6 Å². The van der Waals surface area contributed by atoms with Crippen LogP contribution in [0, 0.1) is 0 Å². The van der Waals surface area contributed by atoms with E-state index in [1.165, 1.54) is 0 Å². The van der Waals surface area contributed by atoms with Crippen LogP contribution in [0.25, 0.3) is 0 Å². The average Bonchev–Trinajstić information content (AvgIpc) is 2.29. The third-order valence-corrected chi connectivity index (χ3v) is 3.88. The lowest BCUT2D eigenvalue weighted by molar-refractivity contribution is -0.125. The highest BCUT2D eigenvalue weighted by atomic mass is 35.5. The standard InChI is InChI=1S/C11H16Cl2F4O/c12-10(1-5-14,2-6-15)9(18)11(13,3-7-16)4-8-17/h1-8H2. The number of Topliss-reactive ketones (excluding diaryl/α,β-unsaturated/α-hetero) is 1. The Morgan fingerprint density at radius 1 is 0.722 bits per heavy atom. The molecule has 0 N–H and O–H groups in total. The van der Waals surface area contributed by atoms with Crippen LogP contribution in [0.15, 0.2) is 0 Å². The van der Waals surface area contributed by atoms with Crippen molar-refractivity contribution in [1.29, 1.82) is 0 Å². The number of carbonyl (C=O) groups excluding carboxylic acids is 1. The number of alkyl halides is 6. The second-order valence-corrected chi connectivity index (χ2v) is 5.46. The summed E-state index contributed by atoms with van der Waals surface area (Å²) in [5.41, 5.74) is 0. The Bertz CT molecular complexity index is 227. The first-order valence-corrected chi connectivity index (χ1v) is 6.32. The van der Waals surface area contributed by atoms with Gasteiger partial charge in [0.15, 0.2) is 5.78 Å². The molecule has 0 unspecified atom stereocenters. The molecular formula is C11H16Cl2F4O. The molecule has 0 aliphatic rings. The topological polar surface area (TPSA) is 17.1 Å². The Morgan fingerprint density at radius 3 is 1.11 bits per heavy atom. The molecule has 0 bridgehead atoms. The van der Waals surface area contributed by atoms with E-state index < -0.39 is 67.9 Å². The molecule has 0 atom stereocenters. The molecule has 0 radical (unpaired) electrons. The molecule has 0 aromatic rings. The van der Waals surface area contributed by atoms with E-state index in [1.807, 2.05) is 0 Å². The summed E-state index contributed by atoms with van der Waals surface area (Å²) in [5, 5.41) is 0. The van der Waals surface area contributed by atoms with E-state index in [9.17, 15) is 22.4 Å². The molecule has 7 heteroatoms. The Labute approximate surface area is 114 Å². The number of carbonyl (C=O) groups is 1. The third kappa shape index (κ3) is 4.57. The van der Waals surface area contributed by atoms with Crippen molar-refractivity contribution < 1.29 is 22.4 Å². The molecule has 0 spiro atoms. The predicted octanol–water partition coefficient (Wildman–Crippen LogP) is 3.95. The Kier molecular flexibility index (Phi) is 8.19. The predicted molar refractivity (Wildman–Crippen MR) is 64.5 cm³/mol. The zero-order valence-corrected chi connectivity index (χ0v) is 11.3. The summed E-state index contributed by atoms with van der Waals surface area (Å²) in [5.74, 6) is -0.899. The maximum atomic E-state index is 12.4. The first kappa shape index (κ1) is 18.0. The minimum Gasteiger partial charge on any atom is -0.296 e. The fraction of sp³-hybridized carbons (Fsp3) is 0.909. The smallest absolute Gasteiger partial charge is 0.174 e. The summed E-state index contributed by atoms with van der Waals surface area (Å²) in [7, 11) is 0. The van der Waals surface area contributed by atoms with Gasteiger partial charge in [-0.3, -0.25) is 22.4 Å². The zero-order valence-electron chi connectivity index (χ0n) is 9.83. The lowest BCUT2D eigenvalue weighted by Gasteiger charge is -2.33. The Morgan fingerprint density at radius 2 is 0.944 bits per heavy atom. The van der Waals surface area contributed by atoms with Crippen LogP contribution in [0.2, 0.25) is 0 Å². The van der Waals surface area contributed by atoms with Crippen LogP contribution < -0.4 is 0 Å². The first-order chi connectivity index (χ1) is 8.40. The van der Waals surface area contributed by atoms with Gasteiger partial charge in [0.05, 0.1) is 26.7 Å². The van der Waals surface area contributed by atoms with E-state index in [1.54, 1.807) is 0 Å². The summed E-state index contributed by atoms with van der Waals surface area (Å²) in [6.45, 7) is -3.75. The Hall–Kier alpha value is -0.0300. The van der Waals surface area contributed by atoms with Crippen LogP contribution >= 0.6 is 23.2 Å². The van der Waals surface area contributed by atoms with E-state index in [2.05, 4.69) is 0 Å². The van der Waals surface area contributed by atoms with Crippen molar-refractivity contribution >= 4 is 29.0 Å². The van der Waals surface area contributed by atoms with Crippen molar-refractivity contribution in [2.24, 2.45) is 0 Å². The maximum absolute atomic E-state index is 12.4. The molecule has 18 heavy (non-hydrogen) atoms. The lowest BCUT2D eigenvalue weighted by atomic mass is 9.84. The largest absolute Gasteiger partial charge is 0.296 e. The molecular weight excluding hydrogens is 295 g/mol. The molecule has 0 saturated heterocycles. The second kappa shape index (κ2) is 8.20. The molecule has 108 valence electrons. The monoisotopic (exact) mass is 310 g/mol. The zero-order chi connectivity index (χ0) is 14.2. The van der Waals surface area contributed by atoms with Crippen LogP contribution in [0.5, 0.6) is 0 Å². The molecule has 0 amide bonds. The highest BCUT2D eigenvalue weighted by Crippen LogP contribution is 2.37. The number of rotatable bonds is 10. The van der Waals surface area contributed by atoms with Crippen molar-refractivity contribution in [2.75, 3.05) is 26.7 Å². The van der Waals surface area contributed by atoms with Gasteiger partial charge in [-0.1, -0.05) is 0 Å². The van der Waals surface area contributed by atoms with Gasteiger partial charge in [-0.2, -0.15) is 0 Å². The van der Waals surface area contributed by atoms with Crippen LogP contribution in [-0.2, 0) is 4.79 Å². The third-order valence-electron chi connectivity index (χ3n) is 2.78. The van der Waals surface area contributed by atoms with Gasteiger partial charge in [0, 0.05) is 25.7 Å². The highest BCUT2D eigenvalue weighted by Gasteiger charge is 2.47. The van der Waals surface area contributed by atoms with Crippen molar-refractivity contribution in [3.8, 4) is 0 Å². The summed E-state index contributed by atoms with van der Waals surface area (Å²) in [6.07, 6.45) is -1.70. The first-order valence-electron chi connectivity index (χ1n) is 5.57. The highest BCUT2D eigenvalue weighted by molar-refractivity contribution is 6.45. The van der Waals surface area contributed by atoms with Gasteiger partial charge in [0.1, 0.15) is 9.75 Å². The van der Waals surface area contributed by atoms with E-state index in [0.29, 0.717) is 0 Å². The summed E-state index contributed by atoms with van der Waals surface area (Å²) in [4.78, 5) is 8.44. The molecule has 1 nitrogen and oxygen atoms in total. The molecule has 0 heterocycles. The van der Waals surface area contributed by atoms with Crippen molar-refractivity contribution in [3.05, 3.63) is 0 Å². The van der Waals surface area contributed by atoms with Crippen molar-refractivity contribution in [2.45, 2.75) is 35.4 Å². The average molecular weight is 311 g/mol. The maximum Gasteiger partial charge on any atom is 0.174 e. The van der Waals surface area contributed by atoms with Gasteiger partial charge in [0.25, 0.3) is 0 Å². The number of hydrogen-bond acceptors (Lipinski definition) is 1. The van der Waals surface area contributed by atoms with Crippen LogP contribution in [0.3, 0.4) is 0 Å². The minimum absolute atomic E-state index is 0.426.